The summed E-state index contributed by atoms with van der Waals surface area (Å²) in [4.78, 5) is 12.0. The number of nitrogens with one attached hydrogen (secondary N) is 2. The number of halogens is 3. The maximum atomic E-state index is 13.5. The molecule has 122 valence electrons. The van der Waals surface area contributed by atoms with Crippen molar-refractivity contribution in [2.24, 2.45) is 0 Å². The third-order valence-corrected chi connectivity index (χ3v) is 3.61. The lowest BCUT2D eigenvalue weighted by Crippen LogP contribution is -2.12. The number of aromatic nitrogens is 2. The van der Waals surface area contributed by atoms with Crippen molar-refractivity contribution in [3.8, 4) is 0 Å². The van der Waals surface area contributed by atoms with Gasteiger partial charge in [-0.3, -0.25) is 9.89 Å². The van der Waals surface area contributed by atoms with E-state index < -0.39 is 23.7 Å². The number of anilines is 1. The summed E-state index contributed by atoms with van der Waals surface area (Å²) in [6, 6.07) is 4.47. The average Bonchev–Trinajstić information content (AvgIpc) is 3.17. The smallest absolute Gasteiger partial charge is 0.266 e. The summed E-state index contributed by atoms with van der Waals surface area (Å²) in [5, 5.41) is 9.21. The zero-order valence-corrected chi connectivity index (χ0v) is 12.0. The molecule has 0 saturated carbocycles. The van der Waals surface area contributed by atoms with Gasteiger partial charge < -0.3 is 10.1 Å². The predicted octanol–water partition coefficient (Wildman–Crippen LogP) is 3.59. The summed E-state index contributed by atoms with van der Waals surface area (Å²) in [6.07, 6.45) is -1.17. The molecule has 1 aromatic heterocycles. The number of ether oxygens (including phenoxy) is 1. The lowest BCUT2D eigenvalue weighted by atomic mass is 10.1. The Kier molecular flexibility index (Phi) is 4.33. The predicted molar refractivity (Wildman–Crippen MR) is 75.8 cm³/mol. The van der Waals surface area contributed by atoms with Gasteiger partial charge in [-0.15, -0.1) is 0 Å². The van der Waals surface area contributed by atoms with Gasteiger partial charge in [-0.05, 0) is 31.0 Å². The number of nitrogens with zero attached hydrogens (tertiary/aromatic N) is 1. The summed E-state index contributed by atoms with van der Waals surface area (Å²) in [6.45, 7) is 0.682. The zero-order valence-electron chi connectivity index (χ0n) is 12.0. The quantitative estimate of drug-likeness (QED) is 0.903. The van der Waals surface area contributed by atoms with Crippen LogP contribution in [0.3, 0.4) is 0 Å². The fourth-order valence-electron chi connectivity index (χ4n) is 2.42. The van der Waals surface area contributed by atoms with Crippen LogP contribution >= 0.6 is 0 Å². The van der Waals surface area contributed by atoms with Crippen LogP contribution in [0.1, 0.15) is 47.0 Å². The average molecular weight is 325 g/mol. The lowest BCUT2D eigenvalue weighted by Gasteiger charge is -2.06. The van der Waals surface area contributed by atoms with Gasteiger partial charge >= 0.3 is 0 Å². The van der Waals surface area contributed by atoms with E-state index in [1.165, 1.54) is 0 Å². The zero-order chi connectivity index (χ0) is 16.4. The number of hydrogen-bond acceptors (Lipinski definition) is 3. The minimum absolute atomic E-state index is 0.0615. The first-order chi connectivity index (χ1) is 11.0. The molecule has 2 N–H and O–H groups in total. The molecular weight excluding hydrogens is 311 g/mol. The van der Waals surface area contributed by atoms with E-state index in [4.69, 9.17) is 4.74 Å². The summed E-state index contributed by atoms with van der Waals surface area (Å²) < 4.78 is 44.0. The number of aromatic amines is 1. The molecule has 0 aliphatic carbocycles. The Balaban J connectivity index is 1.70. The lowest BCUT2D eigenvalue weighted by molar-refractivity contribution is 0.102. The Morgan fingerprint density at radius 1 is 1.39 bits per heavy atom. The highest BCUT2D eigenvalue weighted by atomic mass is 19.3. The maximum absolute atomic E-state index is 13.5. The Hall–Kier alpha value is -2.35. The van der Waals surface area contributed by atoms with Crippen molar-refractivity contribution in [3.63, 3.8) is 0 Å². The van der Waals surface area contributed by atoms with Crippen LogP contribution in [0.5, 0.6) is 0 Å². The summed E-state index contributed by atoms with van der Waals surface area (Å²) in [5.74, 6) is -1.48. The molecule has 1 aliphatic rings. The Labute approximate surface area is 129 Å². The number of carbonyl (C=O) groups is 1. The summed E-state index contributed by atoms with van der Waals surface area (Å²) in [5.41, 5.74) is -0.0485. The number of carbonyl (C=O) groups excluding carboxylic acids is 1. The van der Waals surface area contributed by atoms with E-state index in [2.05, 4.69) is 15.5 Å². The van der Waals surface area contributed by atoms with Gasteiger partial charge in [0.25, 0.3) is 12.3 Å². The van der Waals surface area contributed by atoms with Crippen molar-refractivity contribution < 1.29 is 22.7 Å². The van der Waals surface area contributed by atoms with Gasteiger partial charge in [0, 0.05) is 18.2 Å². The largest absolute Gasteiger partial charge is 0.372 e. The fourth-order valence-corrected chi connectivity index (χ4v) is 2.42. The van der Waals surface area contributed by atoms with Crippen LogP contribution in [-0.4, -0.2) is 22.7 Å². The number of benzene rings is 1. The molecule has 3 rings (SSSR count). The van der Waals surface area contributed by atoms with Crippen molar-refractivity contribution in [1.82, 2.24) is 10.2 Å². The normalized spacial score (nSPS) is 17.7. The van der Waals surface area contributed by atoms with Crippen LogP contribution in [-0.2, 0) is 4.74 Å². The summed E-state index contributed by atoms with van der Waals surface area (Å²) >= 11 is 0. The molecule has 5 nitrogen and oxygen atoms in total. The summed E-state index contributed by atoms with van der Waals surface area (Å²) in [7, 11) is 0. The van der Waals surface area contributed by atoms with Crippen LogP contribution < -0.4 is 5.32 Å². The molecule has 23 heavy (non-hydrogen) atoms. The first kappa shape index (κ1) is 15.5. The van der Waals surface area contributed by atoms with Crippen LogP contribution in [0, 0.1) is 5.82 Å². The third-order valence-electron chi connectivity index (χ3n) is 3.61. The van der Waals surface area contributed by atoms with Crippen LogP contribution in [0.25, 0.3) is 0 Å². The van der Waals surface area contributed by atoms with E-state index in [1.54, 1.807) is 6.07 Å². The van der Waals surface area contributed by atoms with Crippen LogP contribution in [0.15, 0.2) is 24.3 Å². The molecule has 1 unspecified atom stereocenters. The first-order valence-corrected chi connectivity index (χ1v) is 7.10. The fraction of sp³-hybridized carbons (Fsp3) is 0.333. The maximum Gasteiger partial charge on any atom is 0.266 e. The van der Waals surface area contributed by atoms with E-state index >= 15 is 0 Å². The second kappa shape index (κ2) is 6.41. The van der Waals surface area contributed by atoms with Crippen molar-refractivity contribution in [2.45, 2.75) is 25.4 Å². The van der Waals surface area contributed by atoms with E-state index in [1.807, 2.05) is 0 Å². The third kappa shape index (κ3) is 3.37. The SMILES string of the molecule is O=C(Nc1cc(C2CCCO2)[nH]n1)c1ccc(C(F)F)c(F)c1. The second-order valence-electron chi connectivity index (χ2n) is 5.20. The van der Waals surface area contributed by atoms with Crippen LogP contribution in [0.4, 0.5) is 19.0 Å². The molecule has 1 saturated heterocycles. The molecule has 1 amide bonds. The van der Waals surface area contributed by atoms with Gasteiger partial charge in [-0.2, -0.15) is 5.10 Å². The van der Waals surface area contributed by atoms with Gasteiger partial charge in [0.1, 0.15) is 5.82 Å². The number of alkyl halides is 2. The number of hydrogen-bond donors (Lipinski definition) is 2. The van der Waals surface area contributed by atoms with Crippen molar-refractivity contribution in [3.05, 3.63) is 46.9 Å². The van der Waals surface area contributed by atoms with Gasteiger partial charge in [-0.1, -0.05) is 0 Å². The number of rotatable bonds is 4. The van der Waals surface area contributed by atoms with Gasteiger partial charge in [0.15, 0.2) is 5.82 Å². The molecule has 2 heterocycles. The van der Waals surface area contributed by atoms with E-state index in [9.17, 15) is 18.0 Å². The topological polar surface area (TPSA) is 67.0 Å². The molecule has 1 aliphatic heterocycles. The van der Waals surface area contributed by atoms with E-state index in [0.717, 1.165) is 36.7 Å². The molecule has 0 bridgehead atoms. The number of H-pyrrole nitrogens is 1. The van der Waals surface area contributed by atoms with Gasteiger partial charge in [0.05, 0.1) is 17.4 Å². The van der Waals surface area contributed by atoms with Crippen molar-refractivity contribution in [1.29, 1.82) is 0 Å². The van der Waals surface area contributed by atoms with Crippen LogP contribution in [0.2, 0.25) is 0 Å². The molecule has 0 spiro atoms. The molecule has 1 fully saturated rings. The minimum atomic E-state index is -2.92. The van der Waals surface area contributed by atoms with Gasteiger partial charge in [0.2, 0.25) is 0 Å². The Morgan fingerprint density at radius 3 is 2.87 bits per heavy atom. The van der Waals surface area contributed by atoms with Gasteiger partial charge in [-0.25, -0.2) is 13.2 Å². The Bertz CT molecular complexity index is 712. The first-order valence-electron chi connectivity index (χ1n) is 7.10. The van der Waals surface area contributed by atoms with E-state index in [-0.39, 0.29) is 17.5 Å². The standard InChI is InChI=1S/C15H14F3N3O2/c16-10-6-8(3-4-9(10)14(17)18)15(22)19-13-7-11(20-21-13)12-2-1-5-23-12/h3-4,6-7,12,14H,1-2,5H2,(H2,19,20,21,22). The minimum Gasteiger partial charge on any atom is -0.372 e. The molecule has 1 atom stereocenters. The molecule has 2 aromatic rings. The molecule has 8 heteroatoms. The molecule has 1 aromatic carbocycles. The highest BCUT2D eigenvalue weighted by Gasteiger charge is 2.21. The Morgan fingerprint density at radius 2 is 2.22 bits per heavy atom. The molecule has 0 radical (unpaired) electrons. The van der Waals surface area contributed by atoms with Crippen molar-refractivity contribution in [2.75, 3.05) is 11.9 Å². The van der Waals surface area contributed by atoms with Crippen molar-refractivity contribution >= 4 is 11.7 Å². The number of amides is 1. The highest BCUT2D eigenvalue weighted by Crippen LogP contribution is 2.28. The second-order valence-corrected chi connectivity index (χ2v) is 5.20. The molecular formula is C15H14F3N3O2. The van der Waals surface area contributed by atoms with E-state index in [0.29, 0.717) is 6.61 Å². The monoisotopic (exact) mass is 325 g/mol. The highest BCUT2D eigenvalue weighted by molar-refractivity contribution is 6.03.